The molecule has 7 heterocycles. The summed E-state index contributed by atoms with van der Waals surface area (Å²) in [7, 11) is 6.34. The van der Waals surface area contributed by atoms with E-state index in [1.54, 1.807) is 50.6 Å². The predicted molar refractivity (Wildman–Crippen MR) is 478 cm³/mol. The highest BCUT2D eigenvalue weighted by atomic mass is 16.6. The van der Waals surface area contributed by atoms with Crippen LogP contribution >= 0.6 is 0 Å². The number of ether oxygens (including phenoxy) is 15. The largest absolute Gasteiger partial charge is 0.460 e. The number of aliphatic hydroxyl groups is 2. The summed E-state index contributed by atoms with van der Waals surface area (Å²) in [5.74, 6) is -6.66. The number of nitrogen functional groups attached to an aromatic ring is 2. The number of hydrogen-bond donors (Lipinski definition) is 5. The van der Waals surface area contributed by atoms with Crippen molar-refractivity contribution in [3.63, 3.8) is 0 Å². The van der Waals surface area contributed by atoms with Gasteiger partial charge in [-0.2, -0.15) is 10.1 Å². The number of rotatable bonds is 46. The number of piperidine rings is 1. The molecular formula is C93H144N12O23. The smallest absolute Gasteiger partial charge is 0.329 e. The number of hydrogen-bond acceptors (Lipinski definition) is 31. The van der Waals surface area contributed by atoms with E-state index in [-0.39, 0.29) is 86.0 Å². The van der Waals surface area contributed by atoms with Gasteiger partial charge in [0.15, 0.2) is 17.0 Å². The highest BCUT2D eigenvalue weighted by Gasteiger charge is 2.53. The van der Waals surface area contributed by atoms with E-state index in [4.69, 9.17) is 92.0 Å². The molecule has 2 bridgehead atoms. The van der Waals surface area contributed by atoms with Crippen LogP contribution in [-0.2, 0) is 115 Å². The van der Waals surface area contributed by atoms with Gasteiger partial charge >= 0.3 is 5.97 Å². The number of cyclic esters (lactones) is 1. The monoisotopic (exact) mass is 1800 g/mol. The average molecular weight is 1800 g/mol. The summed E-state index contributed by atoms with van der Waals surface area (Å²) in [6.45, 7) is 22.3. The van der Waals surface area contributed by atoms with E-state index in [1.807, 2.05) is 82.5 Å². The molecule has 3 fully saturated rings. The molecular weight excluding hydrogens is 1650 g/mol. The Labute approximate surface area is 753 Å². The molecule has 35 heteroatoms. The first-order chi connectivity index (χ1) is 61.9. The number of Topliss-reactive ketones (excluding diaryl/α,β-unsaturated/α-hetero) is 2. The van der Waals surface area contributed by atoms with Gasteiger partial charge in [0.25, 0.3) is 17.7 Å². The molecule has 2 saturated heterocycles. The molecule has 7 N–H and O–H groups in total. The van der Waals surface area contributed by atoms with Gasteiger partial charge in [0.05, 0.1) is 154 Å². The number of nitrogens with two attached hydrogens (primary N) is 2. The lowest BCUT2D eigenvalue weighted by Crippen LogP contribution is -2.61. The van der Waals surface area contributed by atoms with E-state index in [0.29, 0.717) is 210 Å². The Morgan fingerprint density at radius 3 is 2.05 bits per heavy atom. The molecule has 1 saturated carbocycles. The van der Waals surface area contributed by atoms with Crippen LogP contribution in [0.1, 0.15) is 163 Å². The summed E-state index contributed by atoms with van der Waals surface area (Å²) >= 11 is 0. The zero-order valence-corrected chi connectivity index (χ0v) is 77.2. The van der Waals surface area contributed by atoms with Gasteiger partial charge in [0.1, 0.15) is 47.7 Å². The number of benzene rings is 1. The van der Waals surface area contributed by atoms with Crippen molar-refractivity contribution in [3.05, 3.63) is 84.0 Å². The van der Waals surface area contributed by atoms with E-state index in [0.717, 1.165) is 68.2 Å². The van der Waals surface area contributed by atoms with Crippen molar-refractivity contribution in [1.29, 1.82) is 0 Å². The summed E-state index contributed by atoms with van der Waals surface area (Å²) < 4.78 is 97.5. The van der Waals surface area contributed by atoms with Gasteiger partial charge in [-0.3, -0.25) is 19.2 Å². The number of unbranched alkanes of at least 4 members (excludes halogenated alkanes) is 2. The molecule has 0 spiro atoms. The highest BCUT2D eigenvalue weighted by molar-refractivity contribution is 6.39. The Bertz CT molecular complexity index is 4290. The van der Waals surface area contributed by atoms with E-state index >= 15 is 0 Å². The fraction of sp³-hybridized carbons (Fsp3) is 0.710. The van der Waals surface area contributed by atoms with Crippen LogP contribution in [0.5, 0.6) is 0 Å². The number of nitrogens with zero attached hydrogens (tertiary/aromatic N) is 9. The maximum atomic E-state index is 14.9. The first kappa shape index (κ1) is 104. The SMILES string of the molecule is CO[C@H]1C[C@@H]2CC[C@@H](C)[C@@](O)(O2)C(=O)C(=O)N2CCCC[C@H]2C(=O)O[C@H]([C@H](C)C[C@@H]2CC[C@@H](OCCCCc3cn(CCOCCOCCOCCOCCOCCOCCOCCOCCC(=O)NCCCCn4nc(-c5ccc6oc(N)nc6c5)c5c(N)ncnc54)nn3)[C@H](OC)C2)C[C@@H](OC)[C@H](C)/C=C(\C)[C@@H](O)[C@@H](OC)C(=O)[C@H](C)C[C@H](C)/C=C/C=C/C=C/1C. The second-order valence-electron chi connectivity index (χ2n) is 34.2. The molecule has 2 amide bonds. The second kappa shape index (κ2) is 55.4. The van der Waals surface area contributed by atoms with Crippen molar-refractivity contribution in [2.24, 2.45) is 35.5 Å². The number of ketones is 2. The number of amides is 2. The molecule has 1 aromatic carbocycles. The molecule has 714 valence electrons. The van der Waals surface area contributed by atoms with E-state index in [2.05, 4.69) is 37.5 Å². The molecule has 0 unspecified atom stereocenters. The number of aliphatic hydroxyl groups excluding tert-OH is 1. The van der Waals surface area contributed by atoms with Gasteiger partial charge in [-0.25, -0.2) is 24.1 Å². The van der Waals surface area contributed by atoms with Crippen molar-refractivity contribution in [2.75, 3.05) is 165 Å². The minimum atomic E-state index is -2.43. The summed E-state index contributed by atoms with van der Waals surface area (Å²) in [6, 6.07) is 4.48. The third-order valence-corrected chi connectivity index (χ3v) is 24.6. The van der Waals surface area contributed by atoms with Crippen molar-refractivity contribution in [2.45, 2.75) is 238 Å². The van der Waals surface area contributed by atoms with E-state index in [1.165, 1.54) is 18.3 Å². The van der Waals surface area contributed by atoms with Crippen LogP contribution in [0.3, 0.4) is 0 Å². The molecule has 9 rings (SSSR count). The molecule has 4 aromatic heterocycles. The van der Waals surface area contributed by atoms with Crippen LogP contribution in [-0.4, -0.2) is 299 Å². The zero-order chi connectivity index (χ0) is 91.7. The number of allylic oxidation sites excluding steroid dienone is 5. The molecule has 0 radical (unpaired) electrons. The standard InChI is InChI=1S/C93H144N12O23/c1-62-21-13-12-14-22-63(2)77(113-8)58-72-28-25-68(7)93(112,128-72)87(109)90(110)104-33-18-15-24-74(104)91(111)126-79(59-78(114-9)64(3)54-67(6)85(108)86(116-11)84(107)66(5)53-62)65(4)55-69-26-29-76(80(56-69)115-10)125-36-20-16-23-71-60-103(102-100-71)35-38-118-40-42-120-44-46-122-48-50-124-52-51-123-49-47-121-45-43-119-41-39-117-37-31-81(106)96-32-17-19-34-105-89-82(88(94)97-61-98-89)83(101-105)70-27-30-75-73(57-70)99-92(95)127-75/h12-14,21-22,27,30,54,57,60-62,64-66,68-69,72,74,76-80,85-86,108,112H,15-20,23-26,28-29,31-53,55-56,58-59H2,1-11H3,(H2,95,99)(H,96,106)(H2,94,97,98)/b14-12+,21-13+,63-22+,67-54+/t62-,64-,65-,66-,68-,69+,72+,74+,76-,77+,78-,79+,80-,85-,86+,93-/m1/s1. The second-order valence-corrected chi connectivity index (χ2v) is 34.2. The van der Waals surface area contributed by atoms with Crippen molar-refractivity contribution >= 4 is 63.3 Å². The third-order valence-electron chi connectivity index (χ3n) is 24.6. The number of aromatic nitrogens is 8. The zero-order valence-electron chi connectivity index (χ0n) is 77.2. The number of oxazole rings is 1. The Hall–Kier alpha value is -7.95. The molecule has 1 aliphatic carbocycles. The topological polar surface area (TPSA) is 432 Å². The number of carbonyl (C=O) groups excluding carboxylic acids is 5. The lowest BCUT2D eigenvalue weighted by Gasteiger charge is -2.43. The molecule has 3 aliphatic heterocycles. The minimum absolute atomic E-state index is 0.0226. The van der Waals surface area contributed by atoms with Crippen LogP contribution in [0, 0.1) is 35.5 Å². The molecule has 16 atom stereocenters. The maximum absolute atomic E-state index is 14.9. The normalized spacial score (nSPS) is 27.0. The number of methoxy groups -OCH3 is 4. The Balaban J connectivity index is 0.591. The van der Waals surface area contributed by atoms with Gasteiger partial charge in [0, 0.05) is 103 Å². The van der Waals surface area contributed by atoms with Gasteiger partial charge in [-0.05, 0) is 157 Å². The number of esters is 1. The van der Waals surface area contributed by atoms with E-state index < -0.39 is 77.9 Å². The number of fused-ring (bicyclic) bond motifs is 5. The number of nitrogens with one attached hydrogen (secondary N) is 1. The summed E-state index contributed by atoms with van der Waals surface area (Å²) in [5.41, 5.74) is 17.5. The summed E-state index contributed by atoms with van der Waals surface area (Å²) in [6.07, 6.45) is 20.6. The van der Waals surface area contributed by atoms with Crippen LogP contribution in [0.4, 0.5) is 11.8 Å². The van der Waals surface area contributed by atoms with Gasteiger partial charge in [-0.1, -0.05) is 76.3 Å². The van der Waals surface area contributed by atoms with Crippen molar-refractivity contribution < 1.29 is 110 Å². The van der Waals surface area contributed by atoms with E-state index in [9.17, 15) is 34.2 Å². The number of anilines is 2. The average Bonchev–Trinajstić information content (AvgIpc) is 1.60. The van der Waals surface area contributed by atoms with Gasteiger partial charge in [-0.15, -0.1) is 5.10 Å². The molecule has 35 nitrogen and oxygen atoms in total. The predicted octanol–water partition coefficient (Wildman–Crippen LogP) is 9.50. The Morgan fingerprint density at radius 2 is 1.38 bits per heavy atom. The summed E-state index contributed by atoms with van der Waals surface area (Å²) in [4.78, 5) is 84.7. The third kappa shape index (κ3) is 32.5. The number of carbonyl (C=O) groups is 5. The van der Waals surface area contributed by atoms with Crippen LogP contribution in [0.15, 0.2) is 82.7 Å². The Kier molecular flexibility index (Phi) is 44.9. The lowest BCUT2D eigenvalue weighted by atomic mass is 9.78. The summed E-state index contributed by atoms with van der Waals surface area (Å²) in [5, 5.41) is 41.1. The maximum Gasteiger partial charge on any atom is 0.329 e. The van der Waals surface area contributed by atoms with Crippen LogP contribution in [0.25, 0.3) is 33.4 Å². The first-order valence-electron chi connectivity index (χ1n) is 45.9. The first-order valence-corrected chi connectivity index (χ1v) is 45.9. The quantitative estimate of drug-likeness (QED) is 0.0105. The number of aryl methyl sites for hydroxylation is 2. The molecule has 128 heavy (non-hydrogen) atoms. The van der Waals surface area contributed by atoms with Gasteiger partial charge in [0.2, 0.25) is 11.7 Å². The van der Waals surface area contributed by atoms with Crippen molar-refractivity contribution in [3.8, 4) is 11.3 Å². The molecule has 5 aromatic rings. The molecule has 4 aliphatic rings. The minimum Gasteiger partial charge on any atom is -0.460 e. The Morgan fingerprint density at radius 1 is 0.695 bits per heavy atom. The highest BCUT2D eigenvalue weighted by Crippen LogP contribution is 2.40. The fourth-order valence-corrected chi connectivity index (χ4v) is 17.1. The van der Waals surface area contributed by atoms with Gasteiger partial charge < -0.3 is 107 Å². The van der Waals surface area contributed by atoms with Crippen LogP contribution < -0.4 is 16.8 Å². The fourth-order valence-electron chi connectivity index (χ4n) is 17.1. The van der Waals surface area contributed by atoms with Crippen LogP contribution in [0.2, 0.25) is 0 Å². The van der Waals surface area contributed by atoms with Crippen molar-refractivity contribution in [1.82, 2.24) is 49.9 Å². The lowest BCUT2D eigenvalue weighted by molar-refractivity contribution is -0.265.